The first-order chi connectivity index (χ1) is 10.8. The van der Waals surface area contributed by atoms with E-state index in [-0.39, 0.29) is 5.92 Å². The molecule has 1 saturated carbocycles. The van der Waals surface area contributed by atoms with Gasteiger partial charge in [-0.05, 0) is 55.2 Å². The lowest BCUT2D eigenvalue weighted by atomic mass is 9.77. The Bertz CT molecular complexity index is 551. The lowest BCUT2D eigenvalue weighted by Gasteiger charge is -2.28. The van der Waals surface area contributed by atoms with E-state index >= 15 is 0 Å². The molecule has 0 heterocycles. The number of rotatable bonds is 4. The van der Waals surface area contributed by atoms with Crippen LogP contribution >= 0.6 is 0 Å². The van der Waals surface area contributed by atoms with Gasteiger partial charge in [0.25, 0.3) is 0 Å². The summed E-state index contributed by atoms with van der Waals surface area (Å²) < 4.78 is 63.9. The van der Waals surface area contributed by atoms with Crippen molar-refractivity contribution in [3.63, 3.8) is 0 Å². The first-order valence-corrected chi connectivity index (χ1v) is 8.05. The van der Waals surface area contributed by atoms with Gasteiger partial charge in [-0.3, -0.25) is 0 Å². The van der Waals surface area contributed by atoms with E-state index in [4.69, 9.17) is 0 Å². The number of benzene rings is 1. The molecule has 1 aliphatic carbocycles. The summed E-state index contributed by atoms with van der Waals surface area (Å²) in [5.41, 5.74) is 0.117. The number of hydrogen-bond acceptors (Lipinski definition) is 0. The summed E-state index contributed by atoms with van der Waals surface area (Å²) in [6, 6.07) is 3.84. The van der Waals surface area contributed by atoms with E-state index in [1.54, 1.807) is 6.07 Å². The first kappa shape index (κ1) is 18.0. The maximum Gasteiger partial charge on any atom is 0.412 e. The molecule has 0 radical (unpaired) electrons. The second kappa shape index (κ2) is 7.45. The van der Waals surface area contributed by atoms with E-state index < -0.39 is 29.5 Å². The van der Waals surface area contributed by atoms with E-state index in [0.29, 0.717) is 5.92 Å². The largest absolute Gasteiger partial charge is 0.412 e. The fourth-order valence-electron chi connectivity index (χ4n) is 3.39. The molecule has 0 atom stereocenters. The Balaban J connectivity index is 2.10. The van der Waals surface area contributed by atoms with Gasteiger partial charge in [-0.1, -0.05) is 25.8 Å². The number of hydrogen-bond donors (Lipinski definition) is 0. The Kier molecular flexibility index (Phi) is 5.82. The van der Waals surface area contributed by atoms with Gasteiger partial charge in [0.15, 0.2) is 0 Å². The molecule has 128 valence electrons. The van der Waals surface area contributed by atoms with Gasteiger partial charge in [0, 0.05) is 5.56 Å². The number of halogens is 5. The molecule has 23 heavy (non-hydrogen) atoms. The molecule has 0 aromatic heterocycles. The Labute approximate surface area is 133 Å². The minimum Gasteiger partial charge on any atom is -0.206 e. The lowest BCUT2D eigenvalue weighted by molar-refractivity contribution is -0.0798. The van der Waals surface area contributed by atoms with Gasteiger partial charge in [0.05, 0.1) is 6.08 Å². The Hall–Kier alpha value is -1.39. The molecule has 1 aromatic carbocycles. The summed E-state index contributed by atoms with van der Waals surface area (Å²) in [5, 5.41) is 0. The summed E-state index contributed by atoms with van der Waals surface area (Å²) in [7, 11) is 0. The van der Waals surface area contributed by atoms with Gasteiger partial charge in [-0.2, -0.15) is 13.2 Å². The van der Waals surface area contributed by atoms with E-state index in [1.165, 1.54) is 12.5 Å². The summed E-state index contributed by atoms with van der Waals surface area (Å²) in [5.74, 6) is -1.60. The van der Waals surface area contributed by atoms with Crippen LogP contribution in [0.5, 0.6) is 0 Å². The van der Waals surface area contributed by atoms with Gasteiger partial charge in [-0.15, -0.1) is 0 Å². The lowest BCUT2D eigenvalue weighted by Crippen LogP contribution is -2.13. The summed E-state index contributed by atoms with van der Waals surface area (Å²) >= 11 is 0. The topological polar surface area (TPSA) is 0 Å². The van der Waals surface area contributed by atoms with Crippen molar-refractivity contribution in [1.82, 2.24) is 0 Å². The van der Waals surface area contributed by atoms with Crippen molar-refractivity contribution in [3.8, 4) is 0 Å². The minimum absolute atomic E-state index is 0.210. The highest BCUT2D eigenvalue weighted by atomic mass is 19.4. The van der Waals surface area contributed by atoms with Crippen LogP contribution in [0, 0.1) is 11.7 Å². The second-order valence-corrected chi connectivity index (χ2v) is 6.28. The molecule has 0 bridgehead atoms. The van der Waals surface area contributed by atoms with Gasteiger partial charge in [0.1, 0.15) is 11.6 Å². The molecular formula is C18H21F5. The molecule has 1 aliphatic rings. The predicted molar refractivity (Wildman–Crippen MR) is 81.1 cm³/mol. The van der Waals surface area contributed by atoms with Crippen LogP contribution in [-0.2, 0) is 0 Å². The zero-order chi connectivity index (χ0) is 17.0. The van der Waals surface area contributed by atoms with Gasteiger partial charge < -0.3 is 0 Å². The molecule has 0 N–H and O–H groups in total. The fraction of sp³-hybridized carbons (Fsp3) is 0.556. The molecule has 0 nitrogen and oxygen atoms in total. The van der Waals surface area contributed by atoms with E-state index in [9.17, 15) is 22.0 Å². The Morgan fingerprint density at radius 3 is 2.35 bits per heavy atom. The highest BCUT2D eigenvalue weighted by Crippen LogP contribution is 2.38. The zero-order valence-electron chi connectivity index (χ0n) is 13.1. The molecule has 5 heteroatoms. The Morgan fingerprint density at radius 2 is 1.83 bits per heavy atom. The third-order valence-electron chi connectivity index (χ3n) is 4.56. The fourth-order valence-corrected chi connectivity index (χ4v) is 3.39. The molecular weight excluding hydrogens is 311 g/mol. The smallest absolute Gasteiger partial charge is 0.206 e. The average Bonchev–Trinajstić information content (AvgIpc) is 2.46. The highest BCUT2D eigenvalue weighted by Gasteiger charge is 2.27. The molecule has 1 fully saturated rings. The molecule has 2 rings (SSSR count). The SMILES string of the molecule is CCCC1CCC(c2ccc(C(F)=CC(F)(F)F)c(F)c2)CC1. The number of alkyl halides is 3. The van der Waals surface area contributed by atoms with Crippen molar-refractivity contribution in [3.05, 3.63) is 41.2 Å². The molecule has 0 amide bonds. The van der Waals surface area contributed by atoms with Crippen LogP contribution in [0.3, 0.4) is 0 Å². The monoisotopic (exact) mass is 332 g/mol. The molecule has 0 saturated heterocycles. The van der Waals surface area contributed by atoms with Crippen LogP contribution in [0.4, 0.5) is 22.0 Å². The second-order valence-electron chi connectivity index (χ2n) is 6.28. The van der Waals surface area contributed by atoms with Gasteiger partial charge in [0.2, 0.25) is 0 Å². The van der Waals surface area contributed by atoms with Gasteiger partial charge >= 0.3 is 6.18 Å². The molecule has 0 unspecified atom stereocenters. The third kappa shape index (κ3) is 5.05. The number of allylic oxidation sites excluding steroid dienone is 1. The zero-order valence-corrected chi connectivity index (χ0v) is 13.1. The molecule has 1 aromatic rings. The first-order valence-electron chi connectivity index (χ1n) is 8.05. The van der Waals surface area contributed by atoms with Crippen molar-refractivity contribution < 1.29 is 22.0 Å². The van der Waals surface area contributed by atoms with Crippen LogP contribution in [0.15, 0.2) is 24.3 Å². The van der Waals surface area contributed by atoms with Crippen molar-refractivity contribution in [1.29, 1.82) is 0 Å². The van der Waals surface area contributed by atoms with Gasteiger partial charge in [-0.25, -0.2) is 8.78 Å². The molecule has 0 aliphatic heterocycles. The summed E-state index contributed by atoms with van der Waals surface area (Å²) in [6.45, 7) is 2.16. The average molecular weight is 332 g/mol. The highest BCUT2D eigenvalue weighted by molar-refractivity contribution is 5.60. The van der Waals surface area contributed by atoms with Crippen molar-refractivity contribution in [2.75, 3.05) is 0 Å². The maximum absolute atomic E-state index is 14.0. The van der Waals surface area contributed by atoms with Crippen LogP contribution in [0.1, 0.15) is 62.5 Å². The maximum atomic E-state index is 14.0. The third-order valence-corrected chi connectivity index (χ3v) is 4.56. The predicted octanol–water partition coefficient (Wildman–Crippen LogP) is 6.77. The van der Waals surface area contributed by atoms with E-state index in [1.807, 2.05) is 0 Å². The summed E-state index contributed by atoms with van der Waals surface area (Å²) in [6.07, 6.45) is 1.12. The van der Waals surface area contributed by atoms with E-state index in [0.717, 1.165) is 43.7 Å². The van der Waals surface area contributed by atoms with Crippen LogP contribution in [0.2, 0.25) is 0 Å². The van der Waals surface area contributed by atoms with Crippen molar-refractivity contribution in [2.45, 2.75) is 57.5 Å². The van der Waals surface area contributed by atoms with Crippen LogP contribution in [-0.4, -0.2) is 6.18 Å². The summed E-state index contributed by atoms with van der Waals surface area (Å²) in [4.78, 5) is 0. The normalized spacial score (nSPS) is 23.1. The Morgan fingerprint density at radius 1 is 1.17 bits per heavy atom. The van der Waals surface area contributed by atoms with Crippen molar-refractivity contribution >= 4 is 5.83 Å². The van der Waals surface area contributed by atoms with Crippen molar-refractivity contribution in [2.24, 2.45) is 5.92 Å². The van der Waals surface area contributed by atoms with E-state index in [2.05, 4.69) is 6.92 Å². The van der Waals surface area contributed by atoms with Crippen LogP contribution in [0.25, 0.3) is 5.83 Å². The minimum atomic E-state index is -4.80. The standard InChI is InChI=1S/C18H21F5/c1-2-3-12-4-6-13(7-5-12)14-8-9-15(16(19)10-14)17(20)11-18(21,22)23/h8-13H,2-7H2,1H3. The quantitative estimate of drug-likeness (QED) is 0.534. The molecule has 0 spiro atoms. The van der Waals surface area contributed by atoms with Crippen LogP contribution < -0.4 is 0 Å².